The molecule has 2 aromatic rings. The average molecular weight is 453 g/mol. The Labute approximate surface area is 192 Å². The lowest BCUT2D eigenvalue weighted by atomic mass is 9.73. The van der Waals surface area contributed by atoms with Crippen molar-refractivity contribution in [3.05, 3.63) is 65.2 Å². The Kier molecular flexibility index (Phi) is 7.55. The van der Waals surface area contributed by atoms with Crippen molar-refractivity contribution in [1.82, 2.24) is 5.32 Å². The summed E-state index contributed by atoms with van der Waals surface area (Å²) in [6.07, 6.45) is 7.06. The molecular weight excluding hydrogens is 428 g/mol. The zero-order valence-corrected chi connectivity index (χ0v) is 18.6. The van der Waals surface area contributed by atoms with Crippen molar-refractivity contribution < 1.29 is 19.1 Å². The van der Waals surface area contributed by atoms with Crippen molar-refractivity contribution >= 4 is 35.1 Å². The fraction of sp³-hybridized carbons (Fsp3) is 0.320. The Bertz CT molecular complexity index is 1030. The topological polar surface area (TPSA) is 75.7 Å². The zero-order valence-electron chi connectivity index (χ0n) is 17.8. The number of anilines is 1. The van der Waals surface area contributed by atoms with E-state index in [1.807, 2.05) is 30.3 Å². The van der Waals surface area contributed by atoms with Crippen LogP contribution < -0.4 is 10.2 Å². The first-order chi connectivity index (χ1) is 15.4. The molecule has 1 fully saturated rings. The standard InChI is InChI=1S/C25H25ClN2O4/c1-3-22(29)28(21-13-7-12-20(26)15-21)25(14-8-11-19(16-25)23(30)32-2)24(31)27-17-18-9-5-4-6-10-18/h1,4-7,9-10,12-13,15,19H,8,11,14,16-17H2,2H3,(H,27,31). The van der Waals surface area contributed by atoms with Gasteiger partial charge in [0.05, 0.1) is 13.0 Å². The van der Waals surface area contributed by atoms with E-state index in [4.69, 9.17) is 22.8 Å². The summed E-state index contributed by atoms with van der Waals surface area (Å²) in [6.45, 7) is 0.276. The highest BCUT2D eigenvalue weighted by molar-refractivity contribution is 6.31. The molecule has 6 nitrogen and oxygen atoms in total. The van der Waals surface area contributed by atoms with E-state index in [0.29, 0.717) is 30.0 Å². The van der Waals surface area contributed by atoms with Gasteiger partial charge in [0.2, 0.25) is 5.91 Å². The van der Waals surface area contributed by atoms with Crippen LogP contribution in [-0.2, 0) is 25.7 Å². The highest BCUT2D eigenvalue weighted by Crippen LogP contribution is 2.41. The van der Waals surface area contributed by atoms with E-state index in [1.54, 1.807) is 24.3 Å². The molecule has 1 saturated carbocycles. The molecule has 1 N–H and O–H groups in total. The van der Waals surface area contributed by atoms with E-state index < -0.39 is 23.3 Å². The van der Waals surface area contributed by atoms with Gasteiger partial charge in [-0.3, -0.25) is 19.3 Å². The van der Waals surface area contributed by atoms with Crippen LogP contribution in [0.15, 0.2) is 54.6 Å². The summed E-state index contributed by atoms with van der Waals surface area (Å²) in [5, 5.41) is 3.34. The first-order valence-corrected chi connectivity index (χ1v) is 10.8. The monoisotopic (exact) mass is 452 g/mol. The summed E-state index contributed by atoms with van der Waals surface area (Å²) in [5.74, 6) is 0.138. The van der Waals surface area contributed by atoms with Gasteiger partial charge in [0.15, 0.2) is 0 Å². The number of nitrogens with zero attached hydrogens (tertiary/aromatic N) is 1. The molecular formula is C25H25ClN2O4. The minimum Gasteiger partial charge on any atom is -0.469 e. The summed E-state index contributed by atoms with van der Waals surface area (Å²) in [5.41, 5.74) is -0.0465. The minimum absolute atomic E-state index is 0.0975. The number of benzene rings is 2. The molecule has 7 heteroatoms. The Morgan fingerprint density at radius 3 is 2.62 bits per heavy atom. The fourth-order valence-corrected chi connectivity index (χ4v) is 4.50. The van der Waals surface area contributed by atoms with Crippen molar-refractivity contribution in [3.63, 3.8) is 0 Å². The highest BCUT2D eigenvalue weighted by atomic mass is 35.5. The third-order valence-corrected chi connectivity index (χ3v) is 6.04. The van der Waals surface area contributed by atoms with Crippen molar-refractivity contribution in [1.29, 1.82) is 0 Å². The maximum Gasteiger partial charge on any atom is 0.308 e. The molecule has 2 aromatic carbocycles. The molecule has 0 radical (unpaired) electrons. The number of nitrogens with one attached hydrogen (secondary N) is 1. The molecule has 2 amide bonds. The lowest BCUT2D eigenvalue weighted by Crippen LogP contribution is -2.63. The Hall–Kier alpha value is -3.30. The SMILES string of the molecule is C#CC(=O)N(c1cccc(Cl)c1)C1(C(=O)NCc2ccccc2)CCCC(C(=O)OC)C1. The number of halogens is 1. The zero-order chi connectivity index (χ0) is 23.1. The molecule has 1 aliphatic carbocycles. The molecule has 0 heterocycles. The van der Waals surface area contributed by atoms with E-state index in [-0.39, 0.29) is 18.9 Å². The van der Waals surface area contributed by atoms with Gasteiger partial charge in [0.1, 0.15) is 5.54 Å². The fourth-order valence-electron chi connectivity index (χ4n) is 4.31. The quantitative estimate of drug-likeness (QED) is 0.535. The minimum atomic E-state index is -1.36. The summed E-state index contributed by atoms with van der Waals surface area (Å²) in [7, 11) is 1.31. The summed E-state index contributed by atoms with van der Waals surface area (Å²) >= 11 is 6.18. The van der Waals surface area contributed by atoms with Gasteiger partial charge < -0.3 is 10.1 Å². The molecule has 0 spiro atoms. The van der Waals surface area contributed by atoms with Crippen LogP contribution in [0.3, 0.4) is 0 Å². The van der Waals surface area contributed by atoms with Gasteiger partial charge in [0.25, 0.3) is 0 Å². The predicted octanol–water partition coefficient (Wildman–Crippen LogP) is 3.72. The van der Waals surface area contributed by atoms with Crippen LogP contribution in [0.1, 0.15) is 31.2 Å². The number of terminal acetylenes is 1. The number of amides is 2. The summed E-state index contributed by atoms with van der Waals surface area (Å²) in [4.78, 5) is 40.4. The van der Waals surface area contributed by atoms with Gasteiger partial charge in [-0.15, -0.1) is 6.42 Å². The second kappa shape index (κ2) is 10.3. The van der Waals surface area contributed by atoms with E-state index in [1.165, 1.54) is 12.0 Å². The van der Waals surface area contributed by atoms with Crippen LogP contribution >= 0.6 is 11.6 Å². The molecule has 166 valence electrons. The Balaban J connectivity index is 2.05. The van der Waals surface area contributed by atoms with E-state index in [2.05, 4.69) is 11.2 Å². The van der Waals surface area contributed by atoms with Crippen LogP contribution in [0.25, 0.3) is 0 Å². The Morgan fingerprint density at radius 1 is 1.22 bits per heavy atom. The van der Waals surface area contributed by atoms with Crippen molar-refractivity contribution in [3.8, 4) is 12.3 Å². The van der Waals surface area contributed by atoms with Crippen molar-refractivity contribution in [2.45, 2.75) is 37.8 Å². The van der Waals surface area contributed by atoms with Crippen molar-refractivity contribution in [2.75, 3.05) is 12.0 Å². The molecule has 1 aliphatic rings. The number of rotatable bonds is 6. The van der Waals surface area contributed by atoms with Gasteiger partial charge in [-0.05, 0) is 55.4 Å². The molecule has 2 unspecified atom stereocenters. The molecule has 0 saturated heterocycles. The van der Waals surface area contributed by atoms with Crippen LogP contribution in [0.2, 0.25) is 5.02 Å². The van der Waals surface area contributed by atoms with Gasteiger partial charge in [-0.25, -0.2) is 0 Å². The summed E-state index contributed by atoms with van der Waals surface area (Å²) in [6, 6.07) is 16.1. The van der Waals surface area contributed by atoms with Gasteiger partial charge in [-0.2, -0.15) is 0 Å². The number of carbonyl (C=O) groups excluding carboxylic acids is 3. The van der Waals surface area contributed by atoms with Crippen LogP contribution in [0, 0.1) is 18.3 Å². The smallest absolute Gasteiger partial charge is 0.308 e. The lowest BCUT2D eigenvalue weighted by molar-refractivity contribution is -0.148. The number of hydrogen-bond acceptors (Lipinski definition) is 4. The molecule has 2 atom stereocenters. The maximum absolute atomic E-state index is 13.7. The van der Waals surface area contributed by atoms with Gasteiger partial charge >= 0.3 is 11.9 Å². The number of hydrogen-bond donors (Lipinski definition) is 1. The molecule has 32 heavy (non-hydrogen) atoms. The lowest BCUT2D eigenvalue weighted by Gasteiger charge is -2.46. The predicted molar refractivity (Wildman–Crippen MR) is 123 cm³/mol. The second-order valence-corrected chi connectivity index (χ2v) is 8.22. The van der Waals surface area contributed by atoms with E-state index in [9.17, 15) is 14.4 Å². The van der Waals surface area contributed by atoms with Gasteiger partial charge in [0, 0.05) is 17.3 Å². The van der Waals surface area contributed by atoms with Crippen LogP contribution in [0.4, 0.5) is 5.69 Å². The molecule has 3 rings (SSSR count). The first kappa shape index (κ1) is 23.4. The second-order valence-electron chi connectivity index (χ2n) is 7.78. The molecule has 0 aliphatic heterocycles. The van der Waals surface area contributed by atoms with Gasteiger partial charge in [-0.1, -0.05) is 48.0 Å². The largest absolute Gasteiger partial charge is 0.469 e. The number of ether oxygens (including phenoxy) is 1. The van der Waals surface area contributed by atoms with E-state index >= 15 is 0 Å². The normalized spacial score (nSPS) is 20.0. The molecule has 0 bridgehead atoms. The number of carbonyl (C=O) groups is 3. The highest BCUT2D eigenvalue weighted by Gasteiger charge is 2.51. The number of esters is 1. The third kappa shape index (κ3) is 4.95. The van der Waals surface area contributed by atoms with Crippen LogP contribution in [0.5, 0.6) is 0 Å². The summed E-state index contributed by atoms with van der Waals surface area (Å²) < 4.78 is 4.95. The van der Waals surface area contributed by atoms with E-state index in [0.717, 1.165) is 5.56 Å². The molecule has 0 aromatic heterocycles. The number of methoxy groups -OCH3 is 1. The maximum atomic E-state index is 13.7. The first-order valence-electron chi connectivity index (χ1n) is 10.4. The average Bonchev–Trinajstić information content (AvgIpc) is 2.82. The third-order valence-electron chi connectivity index (χ3n) is 5.80. The van der Waals surface area contributed by atoms with Crippen molar-refractivity contribution in [2.24, 2.45) is 5.92 Å². The van der Waals surface area contributed by atoms with Crippen LogP contribution in [-0.4, -0.2) is 30.4 Å². The Morgan fingerprint density at radius 2 is 1.97 bits per heavy atom.